The van der Waals surface area contributed by atoms with Crippen LogP contribution in [0.15, 0.2) is 42.5 Å². The second kappa shape index (κ2) is 6.63. The van der Waals surface area contributed by atoms with Crippen molar-refractivity contribution in [1.82, 2.24) is 5.32 Å². The minimum absolute atomic E-state index is 0.143. The number of halogens is 3. The van der Waals surface area contributed by atoms with E-state index < -0.39 is 11.6 Å². The third-order valence-corrected chi connectivity index (χ3v) is 3.07. The van der Waals surface area contributed by atoms with Crippen LogP contribution in [-0.2, 0) is 6.54 Å². The highest BCUT2D eigenvalue weighted by atomic mass is 35.5. The second-order valence-corrected chi connectivity index (χ2v) is 4.88. The molecule has 0 aliphatic heterocycles. The molecule has 0 atom stereocenters. The summed E-state index contributed by atoms with van der Waals surface area (Å²) < 4.78 is 26.8. The van der Waals surface area contributed by atoms with Crippen molar-refractivity contribution in [1.29, 1.82) is 0 Å². The molecule has 0 saturated heterocycles. The van der Waals surface area contributed by atoms with Crippen molar-refractivity contribution in [3.8, 4) is 0 Å². The van der Waals surface area contributed by atoms with Crippen LogP contribution in [0, 0.1) is 11.6 Å². The first kappa shape index (κ1) is 14.7. The van der Waals surface area contributed by atoms with E-state index in [-0.39, 0.29) is 10.8 Å². The van der Waals surface area contributed by atoms with Gasteiger partial charge < -0.3 is 10.6 Å². The quantitative estimate of drug-likeness (QED) is 0.834. The summed E-state index contributed by atoms with van der Waals surface area (Å²) in [6.45, 7) is 0.430. The van der Waals surface area contributed by atoms with E-state index in [4.69, 9.17) is 23.8 Å². The first-order valence-corrected chi connectivity index (χ1v) is 6.58. The van der Waals surface area contributed by atoms with Crippen molar-refractivity contribution in [2.24, 2.45) is 0 Å². The Hall–Kier alpha value is -1.72. The van der Waals surface area contributed by atoms with Gasteiger partial charge in [0.25, 0.3) is 0 Å². The Balaban J connectivity index is 1.94. The topological polar surface area (TPSA) is 24.1 Å². The van der Waals surface area contributed by atoms with E-state index in [1.807, 2.05) is 12.1 Å². The summed E-state index contributed by atoms with van der Waals surface area (Å²) in [5.74, 6) is -1.39. The third-order valence-electron chi connectivity index (χ3n) is 2.57. The summed E-state index contributed by atoms with van der Waals surface area (Å²) in [7, 11) is 0. The summed E-state index contributed by atoms with van der Waals surface area (Å²) in [5.41, 5.74) is 0.689. The molecular formula is C14H11ClF2N2S. The minimum atomic E-state index is -0.694. The van der Waals surface area contributed by atoms with E-state index in [1.165, 1.54) is 6.07 Å². The van der Waals surface area contributed by atoms with Crippen molar-refractivity contribution in [3.05, 3.63) is 64.7 Å². The molecule has 20 heavy (non-hydrogen) atoms. The summed E-state index contributed by atoms with van der Waals surface area (Å²) >= 11 is 10.8. The number of para-hydroxylation sites is 1. The van der Waals surface area contributed by atoms with E-state index in [9.17, 15) is 8.78 Å². The Labute approximate surface area is 125 Å². The van der Waals surface area contributed by atoms with Gasteiger partial charge in [0.05, 0.1) is 0 Å². The van der Waals surface area contributed by atoms with Gasteiger partial charge in [-0.3, -0.25) is 0 Å². The maximum atomic E-state index is 13.4. The molecule has 0 heterocycles. The molecule has 2 aromatic rings. The van der Waals surface area contributed by atoms with Gasteiger partial charge in [-0.25, -0.2) is 8.78 Å². The zero-order valence-electron chi connectivity index (χ0n) is 10.3. The summed E-state index contributed by atoms with van der Waals surface area (Å²) in [4.78, 5) is 0. The van der Waals surface area contributed by atoms with Gasteiger partial charge in [-0.1, -0.05) is 29.8 Å². The van der Waals surface area contributed by atoms with Crippen LogP contribution in [0.1, 0.15) is 5.56 Å². The summed E-state index contributed by atoms with van der Waals surface area (Å²) in [6, 6.07) is 10.8. The fraction of sp³-hybridized carbons (Fsp3) is 0.0714. The normalized spacial score (nSPS) is 10.2. The van der Waals surface area contributed by atoms with E-state index in [0.29, 0.717) is 11.6 Å². The van der Waals surface area contributed by atoms with E-state index in [0.717, 1.165) is 17.7 Å². The van der Waals surface area contributed by atoms with Gasteiger partial charge >= 0.3 is 0 Å². The largest absolute Gasteiger partial charge is 0.358 e. The van der Waals surface area contributed by atoms with Crippen molar-refractivity contribution in [2.45, 2.75) is 6.54 Å². The zero-order chi connectivity index (χ0) is 14.5. The predicted octanol–water partition coefficient (Wildman–Crippen LogP) is 4.10. The van der Waals surface area contributed by atoms with Crippen LogP contribution < -0.4 is 10.6 Å². The molecule has 104 valence electrons. The Morgan fingerprint density at radius 2 is 1.65 bits per heavy atom. The molecule has 0 radical (unpaired) electrons. The molecule has 0 amide bonds. The van der Waals surface area contributed by atoms with Crippen LogP contribution in [0.3, 0.4) is 0 Å². The molecule has 2 nitrogen and oxygen atoms in total. The van der Waals surface area contributed by atoms with E-state index in [2.05, 4.69) is 10.6 Å². The molecule has 0 spiro atoms. The highest BCUT2D eigenvalue weighted by Crippen LogP contribution is 2.17. The summed E-state index contributed by atoms with van der Waals surface area (Å²) in [5, 5.41) is 6.15. The van der Waals surface area contributed by atoms with Crippen LogP contribution in [0.25, 0.3) is 0 Å². The lowest BCUT2D eigenvalue weighted by atomic mass is 10.2. The SMILES string of the molecule is Fc1cccc(F)c1NC(=S)NCc1ccc(Cl)cc1. The number of nitrogens with one attached hydrogen (secondary N) is 2. The lowest BCUT2D eigenvalue weighted by molar-refractivity contribution is 0.591. The molecule has 6 heteroatoms. The van der Waals surface area contributed by atoms with Gasteiger partial charge in [0.1, 0.15) is 17.3 Å². The Bertz CT molecular complexity index is 597. The number of hydrogen-bond acceptors (Lipinski definition) is 1. The van der Waals surface area contributed by atoms with Crippen molar-refractivity contribution < 1.29 is 8.78 Å². The monoisotopic (exact) mass is 312 g/mol. The number of hydrogen-bond donors (Lipinski definition) is 2. The van der Waals surface area contributed by atoms with Crippen molar-refractivity contribution in [3.63, 3.8) is 0 Å². The molecule has 2 aromatic carbocycles. The minimum Gasteiger partial charge on any atom is -0.358 e. The zero-order valence-corrected chi connectivity index (χ0v) is 11.9. The molecule has 0 bridgehead atoms. The smallest absolute Gasteiger partial charge is 0.171 e. The van der Waals surface area contributed by atoms with Crippen LogP contribution in [-0.4, -0.2) is 5.11 Å². The van der Waals surface area contributed by atoms with Crippen LogP contribution in [0.2, 0.25) is 5.02 Å². The number of anilines is 1. The Kier molecular flexibility index (Phi) is 4.87. The number of benzene rings is 2. The Morgan fingerprint density at radius 3 is 2.25 bits per heavy atom. The standard InChI is InChI=1S/C14H11ClF2N2S/c15-10-6-4-9(5-7-10)8-18-14(20)19-13-11(16)2-1-3-12(13)17/h1-7H,8H2,(H2,18,19,20). The van der Waals surface area contributed by atoms with Crippen LogP contribution in [0.4, 0.5) is 14.5 Å². The van der Waals surface area contributed by atoms with E-state index in [1.54, 1.807) is 12.1 Å². The van der Waals surface area contributed by atoms with Gasteiger partial charge in [0.2, 0.25) is 0 Å². The van der Waals surface area contributed by atoms with E-state index >= 15 is 0 Å². The molecule has 2 rings (SSSR count). The van der Waals surface area contributed by atoms with Gasteiger partial charge in [-0.05, 0) is 42.0 Å². The molecule has 2 N–H and O–H groups in total. The first-order chi connectivity index (χ1) is 9.56. The van der Waals surface area contributed by atoms with Gasteiger partial charge in [-0.15, -0.1) is 0 Å². The predicted molar refractivity (Wildman–Crippen MR) is 80.9 cm³/mol. The van der Waals surface area contributed by atoms with Crippen molar-refractivity contribution in [2.75, 3.05) is 5.32 Å². The maximum absolute atomic E-state index is 13.4. The highest BCUT2D eigenvalue weighted by Gasteiger charge is 2.09. The number of rotatable bonds is 3. The molecule has 0 fully saturated rings. The fourth-order valence-corrected chi connectivity index (χ4v) is 1.86. The molecule has 0 aromatic heterocycles. The molecular weight excluding hydrogens is 302 g/mol. The Morgan fingerprint density at radius 1 is 1.05 bits per heavy atom. The molecule has 0 saturated carbocycles. The van der Waals surface area contributed by atoms with Gasteiger partial charge in [0.15, 0.2) is 5.11 Å². The molecule has 0 aliphatic carbocycles. The first-order valence-electron chi connectivity index (χ1n) is 5.79. The lowest BCUT2D eigenvalue weighted by Crippen LogP contribution is -2.28. The fourth-order valence-electron chi connectivity index (χ4n) is 1.56. The summed E-state index contributed by atoms with van der Waals surface area (Å²) in [6.07, 6.45) is 0. The second-order valence-electron chi connectivity index (χ2n) is 4.03. The average molecular weight is 313 g/mol. The average Bonchev–Trinajstić information content (AvgIpc) is 2.42. The maximum Gasteiger partial charge on any atom is 0.171 e. The third kappa shape index (κ3) is 3.88. The highest BCUT2D eigenvalue weighted by molar-refractivity contribution is 7.80. The van der Waals surface area contributed by atoms with Crippen LogP contribution in [0.5, 0.6) is 0 Å². The lowest BCUT2D eigenvalue weighted by Gasteiger charge is -2.11. The van der Waals surface area contributed by atoms with Gasteiger partial charge in [0, 0.05) is 11.6 Å². The van der Waals surface area contributed by atoms with Crippen molar-refractivity contribution >= 4 is 34.6 Å². The number of thiocarbonyl (C=S) groups is 1. The van der Waals surface area contributed by atoms with Gasteiger partial charge in [-0.2, -0.15) is 0 Å². The van der Waals surface area contributed by atoms with Crippen LogP contribution >= 0.6 is 23.8 Å². The molecule has 0 aliphatic rings. The molecule has 0 unspecified atom stereocenters.